The van der Waals surface area contributed by atoms with Gasteiger partial charge in [0.1, 0.15) is 0 Å². The summed E-state index contributed by atoms with van der Waals surface area (Å²) in [5.41, 5.74) is 0.334. The van der Waals surface area contributed by atoms with Crippen LogP contribution in [-0.2, 0) is 6.54 Å². The van der Waals surface area contributed by atoms with E-state index in [1.54, 1.807) is 17.1 Å². The third kappa shape index (κ3) is 3.10. The monoisotopic (exact) mass is 410 g/mol. The zero-order chi connectivity index (χ0) is 12.3. The highest BCUT2D eigenvalue weighted by molar-refractivity contribution is 14.1. The Bertz CT molecular complexity index is 440. The molecule has 17 heavy (non-hydrogen) atoms. The highest BCUT2D eigenvalue weighted by atomic mass is 127. The van der Waals surface area contributed by atoms with Crippen LogP contribution in [0.25, 0.3) is 0 Å². The summed E-state index contributed by atoms with van der Waals surface area (Å²) in [5.74, 6) is 0. The Morgan fingerprint density at radius 3 is 2.76 bits per heavy atom. The largest absolute Gasteiger partial charge is 0.298 e. The predicted molar refractivity (Wildman–Crippen MR) is 80.5 cm³/mol. The second kappa shape index (κ2) is 5.82. The van der Waals surface area contributed by atoms with Crippen LogP contribution in [0.4, 0.5) is 0 Å². The van der Waals surface area contributed by atoms with Gasteiger partial charge in [0.05, 0.1) is 9.90 Å². The van der Waals surface area contributed by atoms with E-state index in [1.807, 2.05) is 0 Å². The van der Waals surface area contributed by atoms with Crippen LogP contribution in [0, 0.1) is 8.99 Å². The lowest BCUT2D eigenvalue weighted by Crippen LogP contribution is -2.36. The smallest absolute Gasteiger partial charge is 0.266 e. The molecule has 1 aromatic rings. The highest BCUT2D eigenvalue weighted by Crippen LogP contribution is 2.38. The van der Waals surface area contributed by atoms with Crippen molar-refractivity contribution in [3.63, 3.8) is 0 Å². The quantitative estimate of drug-likeness (QED) is 0.566. The predicted octanol–water partition coefficient (Wildman–Crippen LogP) is 3.19. The molecule has 2 rings (SSSR count). The molecule has 0 aromatic carbocycles. The van der Waals surface area contributed by atoms with E-state index in [2.05, 4.69) is 43.5 Å². The summed E-state index contributed by atoms with van der Waals surface area (Å²) in [6.07, 6.45) is 9.58. The minimum atomic E-state index is 0.0894. The van der Waals surface area contributed by atoms with Gasteiger partial charge in [0.25, 0.3) is 5.56 Å². The molecule has 1 aliphatic carbocycles. The topological polar surface area (TPSA) is 34.9 Å². The molecular weight excluding hydrogens is 395 g/mol. The van der Waals surface area contributed by atoms with Gasteiger partial charge < -0.3 is 0 Å². The number of halogens is 2. The Morgan fingerprint density at radius 2 is 2.12 bits per heavy atom. The van der Waals surface area contributed by atoms with Gasteiger partial charge >= 0.3 is 0 Å². The maximum absolute atomic E-state index is 12.0. The molecule has 1 aromatic heterocycles. The van der Waals surface area contributed by atoms with Crippen LogP contribution < -0.4 is 5.56 Å². The number of nitrogens with zero attached hydrogens (tertiary/aromatic N) is 2. The summed E-state index contributed by atoms with van der Waals surface area (Å²) in [5, 5.41) is 0.970. The van der Waals surface area contributed by atoms with Crippen molar-refractivity contribution in [2.75, 3.05) is 5.33 Å². The van der Waals surface area contributed by atoms with Crippen LogP contribution >= 0.6 is 38.5 Å². The van der Waals surface area contributed by atoms with Crippen LogP contribution in [-0.4, -0.2) is 14.9 Å². The number of alkyl halides is 1. The van der Waals surface area contributed by atoms with Crippen LogP contribution in [0.1, 0.15) is 32.1 Å². The molecule has 0 amide bonds. The maximum atomic E-state index is 12.0. The molecule has 0 spiro atoms. The minimum Gasteiger partial charge on any atom is -0.298 e. The van der Waals surface area contributed by atoms with E-state index in [0.717, 1.165) is 11.9 Å². The van der Waals surface area contributed by atoms with E-state index in [9.17, 15) is 4.79 Å². The van der Waals surface area contributed by atoms with Crippen LogP contribution in [0.3, 0.4) is 0 Å². The van der Waals surface area contributed by atoms with Crippen molar-refractivity contribution in [1.29, 1.82) is 0 Å². The molecule has 0 N–H and O–H groups in total. The number of rotatable bonds is 3. The second-order valence-electron chi connectivity index (χ2n) is 4.87. The Morgan fingerprint density at radius 1 is 1.41 bits per heavy atom. The third-order valence-electron chi connectivity index (χ3n) is 3.56. The molecule has 1 aliphatic rings. The average molecular weight is 411 g/mol. The van der Waals surface area contributed by atoms with Gasteiger partial charge in [-0.1, -0.05) is 35.2 Å². The van der Waals surface area contributed by atoms with Gasteiger partial charge in [-0.2, -0.15) is 0 Å². The zero-order valence-corrected chi connectivity index (χ0v) is 13.4. The fraction of sp³-hybridized carbons (Fsp3) is 0.667. The first-order valence-electron chi connectivity index (χ1n) is 5.93. The summed E-state index contributed by atoms with van der Waals surface area (Å²) in [7, 11) is 0. The summed E-state index contributed by atoms with van der Waals surface area (Å²) < 4.78 is 2.47. The van der Waals surface area contributed by atoms with E-state index in [4.69, 9.17) is 0 Å². The van der Waals surface area contributed by atoms with Crippen molar-refractivity contribution in [1.82, 2.24) is 9.55 Å². The fourth-order valence-corrected chi connectivity index (χ4v) is 3.74. The van der Waals surface area contributed by atoms with Crippen LogP contribution in [0.15, 0.2) is 17.3 Å². The van der Waals surface area contributed by atoms with Gasteiger partial charge in [-0.25, -0.2) is 4.98 Å². The van der Waals surface area contributed by atoms with Crippen molar-refractivity contribution >= 4 is 38.5 Å². The SMILES string of the molecule is O=c1c(I)cncn1CC1(CBr)CCCCC1. The standard InChI is InChI=1S/C12H16BrIN2O/c13-7-12(4-2-1-3-5-12)8-16-9-15-6-10(14)11(16)17/h6,9H,1-5,7-8H2. The Labute approximate surface area is 123 Å². The van der Waals surface area contributed by atoms with E-state index in [-0.39, 0.29) is 11.0 Å². The average Bonchev–Trinajstić information content (AvgIpc) is 2.36. The molecule has 0 atom stereocenters. The summed E-state index contributed by atoms with van der Waals surface area (Å²) in [6, 6.07) is 0. The van der Waals surface area contributed by atoms with E-state index in [1.165, 1.54) is 32.1 Å². The molecule has 0 unspecified atom stereocenters. The Balaban J connectivity index is 2.23. The molecule has 3 nitrogen and oxygen atoms in total. The van der Waals surface area contributed by atoms with Crippen molar-refractivity contribution < 1.29 is 0 Å². The molecule has 1 heterocycles. The Kier molecular flexibility index (Phi) is 4.63. The van der Waals surface area contributed by atoms with Gasteiger partial charge in [0.15, 0.2) is 0 Å². The van der Waals surface area contributed by atoms with Crippen molar-refractivity contribution in [2.24, 2.45) is 5.41 Å². The molecule has 0 aliphatic heterocycles. The maximum Gasteiger partial charge on any atom is 0.266 e. The third-order valence-corrected chi connectivity index (χ3v) is 5.49. The first-order chi connectivity index (χ1) is 8.17. The first-order valence-corrected chi connectivity index (χ1v) is 8.13. The van der Waals surface area contributed by atoms with Crippen molar-refractivity contribution in [3.05, 3.63) is 26.4 Å². The van der Waals surface area contributed by atoms with E-state index in [0.29, 0.717) is 3.57 Å². The lowest BCUT2D eigenvalue weighted by atomic mass is 9.75. The van der Waals surface area contributed by atoms with E-state index < -0.39 is 0 Å². The Hall–Kier alpha value is 0.0900. The van der Waals surface area contributed by atoms with Gasteiger partial charge in [0.2, 0.25) is 0 Å². The van der Waals surface area contributed by atoms with Crippen molar-refractivity contribution in [3.8, 4) is 0 Å². The minimum absolute atomic E-state index is 0.0894. The van der Waals surface area contributed by atoms with Crippen LogP contribution in [0.5, 0.6) is 0 Å². The zero-order valence-electron chi connectivity index (χ0n) is 9.66. The molecule has 0 saturated heterocycles. The highest BCUT2D eigenvalue weighted by Gasteiger charge is 2.31. The number of hydrogen-bond donors (Lipinski definition) is 0. The molecular formula is C12H16BrIN2O. The van der Waals surface area contributed by atoms with Gasteiger partial charge in [-0.3, -0.25) is 9.36 Å². The summed E-state index contributed by atoms with van der Waals surface area (Å²) in [4.78, 5) is 16.1. The molecule has 1 saturated carbocycles. The first kappa shape index (κ1) is 13.5. The lowest BCUT2D eigenvalue weighted by Gasteiger charge is -2.36. The molecule has 5 heteroatoms. The lowest BCUT2D eigenvalue weighted by molar-refractivity contribution is 0.188. The summed E-state index contributed by atoms with van der Waals surface area (Å²) in [6.45, 7) is 0.793. The fourth-order valence-electron chi connectivity index (χ4n) is 2.53. The normalized spacial score (nSPS) is 19.2. The summed E-state index contributed by atoms with van der Waals surface area (Å²) >= 11 is 5.68. The molecule has 94 valence electrons. The van der Waals surface area contributed by atoms with Crippen molar-refractivity contribution in [2.45, 2.75) is 38.6 Å². The van der Waals surface area contributed by atoms with Gasteiger partial charge in [-0.15, -0.1) is 0 Å². The van der Waals surface area contributed by atoms with Gasteiger partial charge in [0, 0.05) is 18.1 Å². The second-order valence-corrected chi connectivity index (χ2v) is 6.59. The molecule has 0 bridgehead atoms. The van der Waals surface area contributed by atoms with E-state index >= 15 is 0 Å². The molecule has 1 fully saturated rings. The molecule has 0 radical (unpaired) electrons. The van der Waals surface area contributed by atoms with Gasteiger partial charge in [-0.05, 0) is 40.8 Å². The van der Waals surface area contributed by atoms with Crippen LogP contribution in [0.2, 0.25) is 0 Å². The number of hydrogen-bond acceptors (Lipinski definition) is 2. The number of aromatic nitrogens is 2.